The molecule has 3 N–H and O–H groups in total. The summed E-state index contributed by atoms with van der Waals surface area (Å²) in [6.45, 7) is 14.0. The van der Waals surface area contributed by atoms with Crippen molar-refractivity contribution < 1.29 is 33.5 Å². The van der Waals surface area contributed by atoms with Gasteiger partial charge in [0.1, 0.15) is 17.8 Å². The average molecular weight is 743 g/mol. The van der Waals surface area contributed by atoms with Crippen molar-refractivity contribution in [3.05, 3.63) is 58.9 Å². The Bertz CT molecular complexity index is 1800. The first-order valence-electron chi connectivity index (χ1n) is 19.3. The third kappa shape index (κ3) is 8.44. The molecule has 0 radical (unpaired) electrons. The van der Waals surface area contributed by atoms with E-state index >= 15 is 0 Å². The molecular formula is C41H54N6O7. The van der Waals surface area contributed by atoms with Gasteiger partial charge in [0.25, 0.3) is 5.91 Å². The molecular weight excluding hydrogens is 688 g/mol. The fourth-order valence-electron chi connectivity index (χ4n) is 7.71. The Balaban J connectivity index is 1.25. The van der Waals surface area contributed by atoms with E-state index in [-0.39, 0.29) is 43.2 Å². The van der Waals surface area contributed by atoms with Crippen LogP contribution in [0.2, 0.25) is 0 Å². The molecule has 6 rings (SSSR count). The van der Waals surface area contributed by atoms with Crippen molar-refractivity contribution in [3.63, 3.8) is 0 Å². The number of carbonyl (C=O) groups is 5. The molecule has 13 nitrogen and oxygen atoms in total. The number of pyridine rings is 1. The number of benzene rings is 1. The third-order valence-corrected chi connectivity index (χ3v) is 10.8. The van der Waals surface area contributed by atoms with E-state index < -0.39 is 52.6 Å². The van der Waals surface area contributed by atoms with E-state index in [1.54, 1.807) is 6.20 Å². The molecule has 3 heterocycles. The van der Waals surface area contributed by atoms with Crippen LogP contribution in [0.4, 0.5) is 0 Å². The summed E-state index contributed by atoms with van der Waals surface area (Å²) >= 11 is 0. The maximum Gasteiger partial charge on any atom is 0.289 e. The number of Topliss-reactive ketones (excluding diaryl/α,β-unsaturated/α-hetero) is 1. The lowest BCUT2D eigenvalue weighted by Crippen LogP contribution is -2.59. The number of likely N-dealkylation sites (tertiary alicyclic amines) is 1. The summed E-state index contributed by atoms with van der Waals surface area (Å²) < 4.78 is 5.84. The third-order valence-electron chi connectivity index (χ3n) is 10.8. The summed E-state index contributed by atoms with van der Waals surface area (Å²) in [5.41, 5.74) is 2.53. The molecule has 1 aromatic carbocycles. The Morgan fingerprint density at radius 3 is 2.37 bits per heavy atom. The summed E-state index contributed by atoms with van der Waals surface area (Å²) in [5, 5.41) is 13.1. The summed E-state index contributed by atoms with van der Waals surface area (Å²) in [6.07, 6.45) is 5.21. The molecule has 1 saturated heterocycles. The zero-order valence-electron chi connectivity index (χ0n) is 32.5. The van der Waals surface area contributed by atoms with Crippen molar-refractivity contribution in [2.24, 2.45) is 16.5 Å². The smallest absolute Gasteiger partial charge is 0.289 e. The number of hydrogen-bond donors (Lipinski definition) is 3. The van der Waals surface area contributed by atoms with Gasteiger partial charge in [-0.1, -0.05) is 45.3 Å². The quantitative estimate of drug-likeness (QED) is 0.244. The number of amides is 4. The Kier molecular flexibility index (Phi) is 11.2. The summed E-state index contributed by atoms with van der Waals surface area (Å²) in [4.78, 5) is 80.9. The van der Waals surface area contributed by atoms with Crippen LogP contribution < -0.4 is 20.7 Å². The van der Waals surface area contributed by atoms with Crippen LogP contribution in [-0.4, -0.2) is 87.9 Å². The van der Waals surface area contributed by atoms with Crippen LogP contribution in [0.5, 0.6) is 5.75 Å². The highest BCUT2D eigenvalue weighted by Gasteiger charge is 2.56. The van der Waals surface area contributed by atoms with Gasteiger partial charge in [0.15, 0.2) is 5.60 Å². The number of oxime groups is 1. The first-order valence-corrected chi connectivity index (χ1v) is 19.3. The Hall–Kier alpha value is -4.81. The second-order valence-electron chi connectivity index (χ2n) is 16.5. The van der Waals surface area contributed by atoms with E-state index in [0.29, 0.717) is 31.6 Å². The summed E-state index contributed by atoms with van der Waals surface area (Å²) in [7, 11) is 0. The van der Waals surface area contributed by atoms with E-state index in [1.807, 2.05) is 78.8 Å². The highest BCUT2D eigenvalue weighted by molar-refractivity contribution is 6.38. The van der Waals surface area contributed by atoms with Gasteiger partial charge < -0.3 is 30.4 Å². The van der Waals surface area contributed by atoms with Crippen molar-refractivity contribution in [1.82, 2.24) is 25.8 Å². The molecule has 2 aromatic rings. The van der Waals surface area contributed by atoms with Crippen molar-refractivity contribution in [3.8, 4) is 5.75 Å². The predicted octanol–water partition coefficient (Wildman–Crippen LogP) is 4.03. The monoisotopic (exact) mass is 742 g/mol. The first-order chi connectivity index (χ1) is 25.6. The minimum Gasteiger partial charge on any atom is -0.493 e. The Morgan fingerprint density at radius 1 is 1.04 bits per heavy atom. The van der Waals surface area contributed by atoms with Gasteiger partial charge in [-0.3, -0.25) is 29.0 Å². The van der Waals surface area contributed by atoms with Crippen molar-refractivity contribution in [2.75, 3.05) is 13.2 Å². The number of ketones is 1. The number of carbonyl (C=O) groups excluding carboxylic acids is 5. The maximum atomic E-state index is 14.8. The van der Waals surface area contributed by atoms with E-state index in [9.17, 15) is 24.0 Å². The van der Waals surface area contributed by atoms with Crippen LogP contribution >= 0.6 is 0 Å². The number of aryl methyl sites for hydroxylation is 2. The molecule has 2 aliphatic carbocycles. The fourth-order valence-corrected chi connectivity index (χ4v) is 7.71. The van der Waals surface area contributed by atoms with Crippen LogP contribution in [-0.2, 0) is 28.8 Å². The number of nitrogens with zero attached hydrogens (tertiary/aromatic N) is 3. The molecule has 2 saturated carbocycles. The molecule has 2 aliphatic heterocycles. The Labute approximate surface area is 317 Å². The van der Waals surface area contributed by atoms with Crippen LogP contribution in [0.25, 0.3) is 0 Å². The normalized spacial score (nSPS) is 24.2. The second-order valence-corrected chi connectivity index (χ2v) is 16.5. The fraction of sp³-hybridized carbons (Fsp3) is 0.585. The molecule has 1 spiro atoms. The standard InChI is InChI=1S/C41H54N6O7/c1-8-12-30(33(48)38(51)43-26-14-15-26)44-37(50)32-21-41(20-31(46-54-41)25-17-23(3)34(53-9-2)24(4)18-25)22-47(32)39(52)35(40(5,6)7)45-36(49)28-19-27(28)29-13-10-11-16-42-29/h10-11,13,16-18,26-28,30,32,35H,8-9,12,14-15,19-22H2,1-7H3,(H,43,51)(H,44,50)(H,45,49)/t27?,28-,30+,32+,35-,41-/m1/s1. The van der Waals surface area contributed by atoms with Gasteiger partial charge in [0.2, 0.25) is 23.5 Å². The van der Waals surface area contributed by atoms with Gasteiger partial charge in [-0.2, -0.15) is 0 Å². The summed E-state index contributed by atoms with van der Waals surface area (Å²) in [6, 6.07) is 6.51. The Morgan fingerprint density at radius 2 is 1.76 bits per heavy atom. The van der Waals surface area contributed by atoms with E-state index in [4.69, 9.17) is 9.57 Å². The maximum absolute atomic E-state index is 14.8. The number of rotatable bonds is 14. The molecule has 290 valence electrons. The number of hydrogen-bond acceptors (Lipinski definition) is 9. The highest BCUT2D eigenvalue weighted by Crippen LogP contribution is 2.47. The first kappa shape index (κ1) is 38.9. The molecule has 6 atom stereocenters. The molecule has 1 aromatic heterocycles. The summed E-state index contributed by atoms with van der Waals surface area (Å²) in [5.74, 6) is -2.20. The SMILES string of the molecule is CCC[C@H](NC(=O)[C@@H]1C[C@]2(CC(c3cc(C)c(OCC)c(C)c3)=NO2)CN1C(=O)[C@@H](NC(=O)[C@@H]1CC1c1ccccn1)C(C)(C)C)C(=O)C(=O)NC1CC1. The number of ether oxygens (including phenoxy) is 1. The van der Waals surface area contributed by atoms with Crippen molar-refractivity contribution >= 4 is 35.1 Å². The lowest BCUT2D eigenvalue weighted by Gasteiger charge is -2.35. The minimum absolute atomic E-state index is 0.0155. The number of nitrogens with one attached hydrogen (secondary N) is 3. The topological polar surface area (TPSA) is 168 Å². The minimum atomic E-state index is -1.06. The molecule has 4 aliphatic rings. The van der Waals surface area contributed by atoms with Gasteiger partial charge in [0.05, 0.1) is 24.9 Å². The molecule has 4 amide bonds. The van der Waals surface area contributed by atoms with Crippen LogP contribution in [0.1, 0.15) is 108 Å². The van der Waals surface area contributed by atoms with Crippen LogP contribution in [0.3, 0.4) is 0 Å². The average Bonchev–Trinajstić information content (AvgIpc) is 4.05. The largest absolute Gasteiger partial charge is 0.493 e. The number of aromatic nitrogens is 1. The predicted molar refractivity (Wildman–Crippen MR) is 202 cm³/mol. The zero-order valence-corrected chi connectivity index (χ0v) is 32.5. The van der Waals surface area contributed by atoms with Gasteiger partial charge in [-0.15, -0.1) is 0 Å². The second kappa shape index (κ2) is 15.5. The van der Waals surface area contributed by atoms with Gasteiger partial charge >= 0.3 is 0 Å². The molecule has 54 heavy (non-hydrogen) atoms. The van der Waals surface area contributed by atoms with Crippen molar-refractivity contribution in [1.29, 1.82) is 0 Å². The van der Waals surface area contributed by atoms with Crippen LogP contribution in [0.15, 0.2) is 41.7 Å². The van der Waals surface area contributed by atoms with E-state index in [2.05, 4.69) is 26.1 Å². The van der Waals surface area contributed by atoms with Crippen molar-refractivity contribution in [2.45, 2.75) is 129 Å². The van der Waals surface area contributed by atoms with Gasteiger partial charge in [-0.05, 0) is 87.3 Å². The van der Waals surface area contributed by atoms with Gasteiger partial charge in [0, 0.05) is 48.2 Å². The van der Waals surface area contributed by atoms with E-state index in [1.165, 1.54) is 4.90 Å². The highest BCUT2D eigenvalue weighted by atomic mass is 16.7. The zero-order chi connectivity index (χ0) is 38.9. The molecule has 3 fully saturated rings. The lowest BCUT2D eigenvalue weighted by atomic mass is 9.85. The van der Waals surface area contributed by atoms with E-state index in [0.717, 1.165) is 41.0 Å². The molecule has 1 unspecified atom stereocenters. The van der Waals surface area contributed by atoms with Gasteiger partial charge in [-0.25, -0.2) is 0 Å². The molecule has 13 heteroatoms. The lowest BCUT2D eigenvalue weighted by molar-refractivity contribution is -0.145. The van der Waals surface area contributed by atoms with Crippen LogP contribution in [0, 0.1) is 25.2 Å². The molecule has 0 bridgehead atoms.